The quantitative estimate of drug-likeness (QED) is 0.724. The summed E-state index contributed by atoms with van der Waals surface area (Å²) in [5.41, 5.74) is 0.612. The first kappa shape index (κ1) is 13.0. The van der Waals surface area contributed by atoms with Gasteiger partial charge < -0.3 is 4.74 Å². The van der Waals surface area contributed by atoms with Crippen molar-refractivity contribution in [3.05, 3.63) is 28.8 Å². The number of rotatable bonds is 5. The van der Waals surface area contributed by atoms with Crippen molar-refractivity contribution in [2.24, 2.45) is 0 Å². The van der Waals surface area contributed by atoms with E-state index in [4.69, 9.17) is 16.3 Å². The predicted octanol–water partition coefficient (Wildman–Crippen LogP) is 4.11. The number of carbonyl (C=O) groups is 1. The molecule has 1 rings (SSSR count). The monoisotopic (exact) mass is 240 g/mol. The van der Waals surface area contributed by atoms with Gasteiger partial charge in [-0.1, -0.05) is 24.9 Å². The average Bonchev–Trinajstić information content (AvgIpc) is 2.21. The number of halogens is 1. The number of hydrogen-bond donors (Lipinski definition) is 0. The van der Waals surface area contributed by atoms with Crippen LogP contribution < -0.4 is 4.74 Å². The number of ketones is 1. The van der Waals surface area contributed by atoms with E-state index >= 15 is 0 Å². The van der Waals surface area contributed by atoms with E-state index in [1.165, 1.54) is 6.92 Å². The zero-order chi connectivity index (χ0) is 12.1. The third-order valence-corrected chi connectivity index (χ3v) is 2.66. The van der Waals surface area contributed by atoms with Gasteiger partial charge in [-0.2, -0.15) is 0 Å². The Bertz CT molecular complexity index is 374. The predicted molar refractivity (Wildman–Crippen MR) is 66.5 cm³/mol. The van der Waals surface area contributed by atoms with Crippen LogP contribution in [0, 0.1) is 0 Å². The van der Waals surface area contributed by atoms with Crippen molar-refractivity contribution in [3.63, 3.8) is 0 Å². The molecule has 0 aliphatic rings. The summed E-state index contributed by atoms with van der Waals surface area (Å²) in [7, 11) is 0. The molecule has 0 heterocycles. The van der Waals surface area contributed by atoms with Crippen LogP contribution in [-0.2, 0) is 0 Å². The molecule has 0 amide bonds. The van der Waals surface area contributed by atoms with Gasteiger partial charge >= 0.3 is 0 Å². The molecule has 0 saturated carbocycles. The van der Waals surface area contributed by atoms with Crippen LogP contribution in [0.25, 0.3) is 0 Å². The second-order valence-corrected chi connectivity index (χ2v) is 4.33. The van der Waals surface area contributed by atoms with E-state index in [0.717, 1.165) is 12.8 Å². The SMILES string of the molecule is CCCC(C)Oc1ccc(C(C)=O)cc1Cl. The maximum absolute atomic E-state index is 11.1. The van der Waals surface area contributed by atoms with Crippen LogP contribution >= 0.6 is 11.6 Å². The highest BCUT2D eigenvalue weighted by atomic mass is 35.5. The van der Waals surface area contributed by atoms with Gasteiger partial charge in [-0.3, -0.25) is 4.79 Å². The van der Waals surface area contributed by atoms with Gasteiger partial charge in [0.1, 0.15) is 5.75 Å². The van der Waals surface area contributed by atoms with Crippen molar-refractivity contribution in [1.29, 1.82) is 0 Å². The van der Waals surface area contributed by atoms with Crippen molar-refractivity contribution in [3.8, 4) is 5.75 Å². The molecule has 1 atom stereocenters. The van der Waals surface area contributed by atoms with Crippen molar-refractivity contribution < 1.29 is 9.53 Å². The van der Waals surface area contributed by atoms with Crippen LogP contribution in [0.1, 0.15) is 44.0 Å². The molecule has 0 saturated heterocycles. The second-order valence-electron chi connectivity index (χ2n) is 3.92. The van der Waals surface area contributed by atoms with Crippen LogP contribution in [0.15, 0.2) is 18.2 Å². The molecule has 0 aliphatic carbocycles. The van der Waals surface area contributed by atoms with E-state index in [2.05, 4.69) is 6.92 Å². The van der Waals surface area contributed by atoms with Gasteiger partial charge in [0.2, 0.25) is 0 Å². The molecule has 2 nitrogen and oxygen atoms in total. The average molecular weight is 241 g/mol. The molecule has 1 unspecified atom stereocenters. The van der Waals surface area contributed by atoms with Crippen LogP contribution in [-0.4, -0.2) is 11.9 Å². The molecule has 0 aliphatic heterocycles. The Hall–Kier alpha value is -1.02. The molecule has 16 heavy (non-hydrogen) atoms. The first-order chi connectivity index (χ1) is 7.54. The highest BCUT2D eigenvalue weighted by molar-refractivity contribution is 6.32. The first-order valence-electron chi connectivity index (χ1n) is 5.51. The number of ether oxygens (including phenoxy) is 1. The molecule has 0 radical (unpaired) electrons. The fraction of sp³-hybridized carbons (Fsp3) is 0.462. The largest absolute Gasteiger partial charge is 0.489 e. The minimum absolute atomic E-state index is 0.00931. The Kier molecular flexibility index (Phi) is 4.81. The molecule has 0 N–H and O–H groups in total. The summed E-state index contributed by atoms with van der Waals surface area (Å²) in [6, 6.07) is 5.14. The molecule has 1 aromatic rings. The molecule has 3 heteroatoms. The van der Waals surface area contributed by atoms with Crippen molar-refractivity contribution in [2.75, 3.05) is 0 Å². The maximum atomic E-state index is 11.1. The van der Waals surface area contributed by atoms with Gasteiger partial charge in [-0.05, 0) is 38.5 Å². The lowest BCUT2D eigenvalue weighted by Crippen LogP contribution is -2.11. The van der Waals surface area contributed by atoms with Crippen LogP contribution in [0.4, 0.5) is 0 Å². The molecule has 0 spiro atoms. The van der Waals surface area contributed by atoms with E-state index in [1.807, 2.05) is 6.92 Å². The number of carbonyl (C=O) groups excluding carboxylic acids is 1. The molecule has 0 fully saturated rings. The standard InChI is InChI=1S/C13H17ClO2/c1-4-5-9(2)16-13-7-6-11(10(3)15)8-12(13)14/h6-9H,4-5H2,1-3H3. The lowest BCUT2D eigenvalue weighted by atomic mass is 10.1. The van der Waals surface area contributed by atoms with E-state index in [9.17, 15) is 4.79 Å². The van der Waals surface area contributed by atoms with Crippen molar-refractivity contribution >= 4 is 17.4 Å². The zero-order valence-electron chi connectivity index (χ0n) is 9.92. The topological polar surface area (TPSA) is 26.3 Å². The van der Waals surface area contributed by atoms with Crippen LogP contribution in [0.5, 0.6) is 5.75 Å². The van der Waals surface area contributed by atoms with Gasteiger partial charge in [-0.15, -0.1) is 0 Å². The zero-order valence-corrected chi connectivity index (χ0v) is 10.7. The Balaban J connectivity index is 2.79. The molecule has 1 aromatic carbocycles. The highest BCUT2D eigenvalue weighted by Crippen LogP contribution is 2.27. The summed E-state index contributed by atoms with van der Waals surface area (Å²) in [5.74, 6) is 0.655. The Labute approximate surface area is 102 Å². The fourth-order valence-electron chi connectivity index (χ4n) is 1.50. The summed E-state index contributed by atoms with van der Waals surface area (Å²) >= 11 is 6.04. The normalized spacial score (nSPS) is 12.2. The molecular formula is C13H17ClO2. The van der Waals surface area contributed by atoms with Crippen LogP contribution in [0.3, 0.4) is 0 Å². The third kappa shape index (κ3) is 3.53. The number of benzene rings is 1. The summed E-state index contributed by atoms with van der Waals surface area (Å²) in [4.78, 5) is 11.1. The lowest BCUT2D eigenvalue weighted by Gasteiger charge is -2.15. The molecular weight excluding hydrogens is 224 g/mol. The first-order valence-corrected chi connectivity index (χ1v) is 5.89. The minimum Gasteiger partial charge on any atom is -0.489 e. The number of Topliss-reactive ketones (excluding diaryl/α,β-unsaturated/α-hetero) is 1. The highest BCUT2D eigenvalue weighted by Gasteiger charge is 2.08. The fourth-order valence-corrected chi connectivity index (χ4v) is 1.72. The Morgan fingerprint density at radius 1 is 1.50 bits per heavy atom. The third-order valence-electron chi connectivity index (χ3n) is 2.36. The molecule has 0 aromatic heterocycles. The molecule has 0 bridgehead atoms. The maximum Gasteiger partial charge on any atom is 0.159 e. The van der Waals surface area contributed by atoms with Gasteiger partial charge in [0, 0.05) is 5.56 Å². The van der Waals surface area contributed by atoms with Gasteiger partial charge in [0.05, 0.1) is 11.1 Å². The van der Waals surface area contributed by atoms with Crippen molar-refractivity contribution in [1.82, 2.24) is 0 Å². The molecule has 88 valence electrons. The number of hydrogen-bond acceptors (Lipinski definition) is 2. The summed E-state index contributed by atoms with van der Waals surface area (Å²) in [6.45, 7) is 5.64. The van der Waals surface area contributed by atoms with Crippen LogP contribution in [0.2, 0.25) is 5.02 Å². The van der Waals surface area contributed by atoms with Gasteiger partial charge in [-0.25, -0.2) is 0 Å². The minimum atomic E-state index is 0.00931. The van der Waals surface area contributed by atoms with Gasteiger partial charge in [0.25, 0.3) is 0 Å². The Morgan fingerprint density at radius 2 is 2.19 bits per heavy atom. The summed E-state index contributed by atoms with van der Waals surface area (Å²) in [5, 5.41) is 0.496. The summed E-state index contributed by atoms with van der Waals surface area (Å²) < 4.78 is 5.68. The van der Waals surface area contributed by atoms with E-state index < -0.39 is 0 Å². The van der Waals surface area contributed by atoms with Crippen molar-refractivity contribution in [2.45, 2.75) is 39.7 Å². The van der Waals surface area contributed by atoms with E-state index in [-0.39, 0.29) is 11.9 Å². The van der Waals surface area contributed by atoms with Gasteiger partial charge in [0.15, 0.2) is 5.78 Å². The smallest absolute Gasteiger partial charge is 0.159 e. The van der Waals surface area contributed by atoms with E-state index in [1.54, 1.807) is 18.2 Å². The Morgan fingerprint density at radius 3 is 2.69 bits per heavy atom. The van der Waals surface area contributed by atoms with E-state index in [0.29, 0.717) is 16.3 Å². The second kappa shape index (κ2) is 5.90. The summed E-state index contributed by atoms with van der Waals surface area (Å²) in [6.07, 6.45) is 2.21. The lowest BCUT2D eigenvalue weighted by molar-refractivity contribution is 0.101.